The topological polar surface area (TPSA) is 62.3 Å². The molecular formula is C10H14ClN3O2S. The Kier molecular flexibility index (Phi) is 3.98. The third-order valence-corrected chi connectivity index (χ3v) is 4.19. The first-order chi connectivity index (χ1) is 8.08. The zero-order valence-corrected chi connectivity index (χ0v) is 10.8. The fourth-order valence-corrected chi connectivity index (χ4v) is 3.13. The molecule has 94 valence electrons. The van der Waals surface area contributed by atoms with Crippen molar-refractivity contribution in [1.29, 1.82) is 0 Å². The smallest absolute Gasteiger partial charge is 0.244 e. The Labute approximate surface area is 106 Å². The van der Waals surface area contributed by atoms with E-state index in [-0.39, 0.29) is 10.0 Å². The minimum Gasteiger partial charge on any atom is -0.244 e. The molecule has 1 aromatic rings. The number of aromatic nitrogens is 1. The number of piperidine rings is 1. The second kappa shape index (κ2) is 5.30. The molecule has 17 heavy (non-hydrogen) atoms. The molecule has 2 rings (SSSR count). The molecule has 1 aliphatic heterocycles. The molecule has 1 fully saturated rings. The maximum absolute atomic E-state index is 12.0. The van der Waals surface area contributed by atoms with Gasteiger partial charge in [0.05, 0.1) is 4.90 Å². The Morgan fingerprint density at radius 1 is 1.29 bits per heavy atom. The van der Waals surface area contributed by atoms with Crippen LogP contribution >= 0.6 is 11.6 Å². The van der Waals surface area contributed by atoms with Crippen LogP contribution in [0.5, 0.6) is 0 Å². The molecule has 0 unspecified atom stereocenters. The van der Waals surface area contributed by atoms with Gasteiger partial charge in [0.2, 0.25) is 0 Å². The van der Waals surface area contributed by atoms with E-state index in [4.69, 9.17) is 11.6 Å². The van der Waals surface area contributed by atoms with Crippen LogP contribution in [0.25, 0.3) is 0 Å². The summed E-state index contributed by atoms with van der Waals surface area (Å²) in [6, 6.07) is 2.77. The maximum atomic E-state index is 12.0. The molecule has 1 N–H and O–H groups in total. The van der Waals surface area contributed by atoms with Gasteiger partial charge in [-0.2, -0.15) is 0 Å². The van der Waals surface area contributed by atoms with Crippen LogP contribution in [0.15, 0.2) is 23.2 Å². The quantitative estimate of drug-likeness (QED) is 0.848. The van der Waals surface area contributed by atoms with Crippen molar-refractivity contribution in [2.45, 2.75) is 24.2 Å². The van der Waals surface area contributed by atoms with Crippen LogP contribution in [0.1, 0.15) is 19.3 Å². The normalized spacial score (nSPS) is 18.2. The lowest BCUT2D eigenvalue weighted by molar-refractivity contribution is 0.200. The van der Waals surface area contributed by atoms with Crippen molar-refractivity contribution in [1.82, 2.24) is 14.8 Å². The standard InChI is InChI=1S/C10H14ClN3O2S/c11-10-8-9(4-5-12-10)17(15,16)13-14-6-2-1-3-7-14/h4-5,8,13H,1-3,6-7H2. The van der Waals surface area contributed by atoms with Crippen LogP contribution < -0.4 is 4.83 Å². The number of sulfonamides is 1. The van der Waals surface area contributed by atoms with Crippen molar-refractivity contribution in [3.8, 4) is 0 Å². The first-order valence-corrected chi connectivity index (χ1v) is 7.33. The van der Waals surface area contributed by atoms with Gasteiger partial charge in [-0.25, -0.2) is 18.4 Å². The lowest BCUT2D eigenvalue weighted by atomic mass is 10.2. The van der Waals surface area contributed by atoms with Gasteiger partial charge in [-0.05, 0) is 25.0 Å². The highest BCUT2D eigenvalue weighted by atomic mass is 35.5. The molecule has 0 bridgehead atoms. The molecule has 0 aliphatic carbocycles. The average molecular weight is 276 g/mol. The van der Waals surface area contributed by atoms with Crippen molar-refractivity contribution in [2.75, 3.05) is 13.1 Å². The van der Waals surface area contributed by atoms with Crippen LogP contribution in [-0.4, -0.2) is 31.5 Å². The van der Waals surface area contributed by atoms with Gasteiger partial charge in [0, 0.05) is 19.3 Å². The molecule has 2 heterocycles. The van der Waals surface area contributed by atoms with E-state index in [1.54, 1.807) is 5.01 Å². The first kappa shape index (κ1) is 12.8. The Bertz CT molecular complexity index is 486. The van der Waals surface area contributed by atoms with Gasteiger partial charge in [0.15, 0.2) is 0 Å². The molecule has 0 aromatic carbocycles. The molecule has 0 amide bonds. The first-order valence-electron chi connectivity index (χ1n) is 5.47. The molecule has 5 nitrogen and oxygen atoms in total. The highest BCUT2D eigenvalue weighted by Gasteiger charge is 2.20. The number of hydrogen-bond donors (Lipinski definition) is 1. The summed E-state index contributed by atoms with van der Waals surface area (Å²) in [5.41, 5.74) is 0. The molecule has 0 atom stereocenters. The minimum atomic E-state index is -3.53. The summed E-state index contributed by atoms with van der Waals surface area (Å²) in [6.07, 6.45) is 4.56. The highest BCUT2D eigenvalue weighted by Crippen LogP contribution is 2.14. The number of hydrazine groups is 1. The fourth-order valence-electron chi connectivity index (χ4n) is 1.76. The number of hydrogen-bond acceptors (Lipinski definition) is 4. The predicted octanol–water partition coefficient (Wildman–Crippen LogP) is 1.41. The van der Waals surface area contributed by atoms with Gasteiger partial charge in [0.1, 0.15) is 5.15 Å². The van der Waals surface area contributed by atoms with E-state index in [2.05, 4.69) is 9.82 Å². The molecule has 1 aromatic heterocycles. The third kappa shape index (κ3) is 3.38. The van der Waals surface area contributed by atoms with Crippen molar-refractivity contribution in [2.24, 2.45) is 0 Å². The molecule has 0 spiro atoms. The summed E-state index contributed by atoms with van der Waals surface area (Å²) < 4.78 is 24.0. The molecule has 1 saturated heterocycles. The van der Waals surface area contributed by atoms with Crippen LogP contribution in [0.3, 0.4) is 0 Å². The lowest BCUT2D eigenvalue weighted by Gasteiger charge is -2.26. The summed E-state index contributed by atoms with van der Waals surface area (Å²) in [5.74, 6) is 0. The summed E-state index contributed by atoms with van der Waals surface area (Å²) in [6.45, 7) is 1.50. The minimum absolute atomic E-state index is 0.142. The van der Waals surface area contributed by atoms with Crippen LogP contribution in [-0.2, 0) is 10.0 Å². The van der Waals surface area contributed by atoms with Crippen molar-refractivity contribution in [3.63, 3.8) is 0 Å². The van der Waals surface area contributed by atoms with E-state index >= 15 is 0 Å². The van der Waals surface area contributed by atoms with Crippen molar-refractivity contribution < 1.29 is 8.42 Å². The second-order valence-corrected chi connectivity index (χ2v) is 6.00. The SMILES string of the molecule is O=S(=O)(NN1CCCCC1)c1ccnc(Cl)c1. The van der Waals surface area contributed by atoms with E-state index in [1.807, 2.05) is 0 Å². The molecule has 0 saturated carbocycles. The Morgan fingerprint density at radius 2 is 2.00 bits per heavy atom. The third-order valence-electron chi connectivity index (χ3n) is 2.61. The van der Waals surface area contributed by atoms with Gasteiger partial charge >= 0.3 is 0 Å². The Morgan fingerprint density at radius 3 is 2.65 bits per heavy atom. The lowest BCUT2D eigenvalue weighted by Crippen LogP contribution is -2.44. The average Bonchev–Trinajstić information content (AvgIpc) is 2.30. The maximum Gasteiger partial charge on any atom is 0.253 e. The molecule has 7 heteroatoms. The molecule has 0 radical (unpaired) electrons. The summed E-state index contributed by atoms with van der Waals surface area (Å²) in [5, 5.41) is 1.90. The van der Waals surface area contributed by atoms with Crippen LogP contribution in [0, 0.1) is 0 Å². The van der Waals surface area contributed by atoms with Gasteiger partial charge in [-0.1, -0.05) is 18.0 Å². The van der Waals surface area contributed by atoms with Gasteiger partial charge in [-0.15, -0.1) is 4.83 Å². The van der Waals surface area contributed by atoms with Gasteiger partial charge in [-0.3, -0.25) is 0 Å². The second-order valence-electron chi connectivity index (χ2n) is 3.96. The zero-order chi connectivity index (χ0) is 12.3. The van der Waals surface area contributed by atoms with E-state index in [0.717, 1.165) is 32.4 Å². The number of nitrogens with one attached hydrogen (secondary N) is 1. The Balaban J connectivity index is 2.13. The fraction of sp³-hybridized carbons (Fsp3) is 0.500. The van der Waals surface area contributed by atoms with Crippen LogP contribution in [0.4, 0.5) is 0 Å². The van der Waals surface area contributed by atoms with E-state index in [9.17, 15) is 8.42 Å². The van der Waals surface area contributed by atoms with Crippen molar-refractivity contribution in [3.05, 3.63) is 23.5 Å². The van der Waals surface area contributed by atoms with E-state index in [0.29, 0.717) is 0 Å². The summed E-state index contributed by atoms with van der Waals surface area (Å²) in [4.78, 5) is 6.46. The van der Waals surface area contributed by atoms with E-state index < -0.39 is 10.0 Å². The molecule has 1 aliphatic rings. The van der Waals surface area contributed by atoms with Crippen molar-refractivity contribution >= 4 is 21.6 Å². The Hall–Kier alpha value is -0.690. The molecular weight excluding hydrogens is 262 g/mol. The van der Waals surface area contributed by atoms with E-state index in [1.165, 1.54) is 18.3 Å². The monoisotopic (exact) mass is 275 g/mol. The highest BCUT2D eigenvalue weighted by molar-refractivity contribution is 7.89. The largest absolute Gasteiger partial charge is 0.253 e. The number of nitrogens with zero attached hydrogens (tertiary/aromatic N) is 2. The summed E-state index contributed by atoms with van der Waals surface area (Å²) >= 11 is 5.68. The number of pyridine rings is 1. The van der Waals surface area contributed by atoms with Gasteiger partial charge in [0.25, 0.3) is 10.0 Å². The zero-order valence-electron chi connectivity index (χ0n) is 9.26. The number of halogens is 1. The van der Waals surface area contributed by atoms with Gasteiger partial charge < -0.3 is 0 Å². The predicted molar refractivity (Wildman–Crippen MR) is 65.0 cm³/mol. The summed E-state index contributed by atoms with van der Waals surface area (Å²) in [7, 11) is -3.53. The van der Waals surface area contributed by atoms with Crippen LogP contribution in [0.2, 0.25) is 5.15 Å². The number of rotatable bonds is 3.